The van der Waals surface area contributed by atoms with Gasteiger partial charge in [0, 0.05) is 20.1 Å². The maximum absolute atomic E-state index is 12.0. The first kappa shape index (κ1) is 17.1. The van der Waals surface area contributed by atoms with Crippen LogP contribution in [-0.4, -0.2) is 43.0 Å². The molecule has 1 heterocycles. The summed E-state index contributed by atoms with van der Waals surface area (Å²) in [5.41, 5.74) is 5.81. The summed E-state index contributed by atoms with van der Waals surface area (Å²) in [5.74, 6) is 1.40. The van der Waals surface area contributed by atoms with Gasteiger partial charge in [0.2, 0.25) is 0 Å². The Morgan fingerprint density at radius 3 is 2.85 bits per heavy atom. The first-order chi connectivity index (χ1) is 9.60. The highest BCUT2D eigenvalue weighted by molar-refractivity contribution is 7.98. The molecule has 0 atom stereocenters. The molecule has 1 aromatic rings. The largest absolute Gasteiger partial charge is 0.382 e. The highest BCUT2D eigenvalue weighted by Gasteiger charge is 2.17. The molecule has 0 radical (unpaired) electrons. The molecule has 0 bridgehead atoms. The van der Waals surface area contributed by atoms with Gasteiger partial charge < -0.3 is 16.0 Å². The van der Waals surface area contributed by atoms with E-state index in [0.29, 0.717) is 17.2 Å². The summed E-state index contributed by atoms with van der Waals surface area (Å²) in [4.78, 5) is 18.8. The van der Waals surface area contributed by atoms with E-state index in [4.69, 9.17) is 5.73 Å². The standard InChI is InChI=1S/C13H24N4OS2/c1-4-17(2)13-16-11(14)10(20-13)12(18)15-8-6-5-7-9-19-3/h4-9,14H2,1-3H3,(H,15,18). The van der Waals surface area contributed by atoms with Crippen molar-refractivity contribution in [1.82, 2.24) is 10.3 Å². The van der Waals surface area contributed by atoms with Crippen LogP contribution < -0.4 is 16.0 Å². The fourth-order valence-corrected chi connectivity index (χ4v) is 3.03. The van der Waals surface area contributed by atoms with Crippen LogP contribution in [0.4, 0.5) is 10.9 Å². The molecule has 1 rings (SSSR count). The van der Waals surface area contributed by atoms with E-state index >= 15 is 0 Å². The molecule has 0 saturated carbocycles. The Bertz CT molecular complexity index is 423. The van der Waals surface area contributed by atoms with Crippen LogP contribution in [0, 0.1) is 0 Å². The maximum Gasteiger partial charge on any atom is 0.265 e. The summed E-state index contributed by atoms with van der Waals surface area (Å²) in [6.07, 6.45) is 5.46. The van der Waals surface area contributed by atoms with Crippen molar-refractivity contribution in [1.29, 1.82) is 0 Å². The van der Waals surface area contributed by atoms with Crippen molar-refractivity contribution < 1.29 is 4.79 Å². The maximum atomic E-state index is 12.0. The molecule has 0 aromatic carbocycles. The van der Waals surface area contributed by atoms with Gasteiger partial charge in [0.25, 0.3) is 5.91 Å². The minimum atomic E-state index is -0.111. The summed E-state index contributed by atoms with van der Waals surface area (Å²) in [5, 5.41) is 3.70. The summed E-state index contributed by atoms with van der Waals surface area (Å²) in [6, 6.07) is 0. The number of rotatable bonds is 9. The first-order valence-electron chi connectivity index (χ1n) is 6.84. The molecule has 114 valence electrons. The zero-order valence-electron chi connectivity index (χ0n) is 12.4. The number of thioether (sulfide) groups is 1. The molecular formula is C13H24N4OS2. The lowest BCUT2D eigenvalue weighted by atomic mass is 10.2. The Labute approximate surface area is 129 Å². The molecule has 5 nitrogen and oxygen atoms in total. The van der Waals surface area contributed by atoms with Crippen LogP contribution in [-0.2, 0) is 0 Å². The Morgan fingerprint density at radius 2 is 2.20 bits per heavy atom. The van der Waals surface area contributed by atoms with Crippen molar-refractivity contribution in [3.63, 3.8) is 0 Å². The molecule has 1 amide bonds. The monoisotopic (exact) mass is 316 g/mol. The number of aromatic nitrogens is 1. The van der Waals surface area contributed by atoms with E-state index in [0.717, 1.165) is 24.5 Å². The van der Waals surface area contributed by atoms with Gasteiger partial charge in [0.1, 0.15) is 10.7 Å². The number of hydrogen-bond acceptors (Lipinski definition) is 6. The Balaban J connectivity index is 2.41. The molecule has 0 fully saturated rings. The van der Waals surface area contributed by atoms with Crippen LogP contribution in [0.3, 0.4) is 0 Å². The van der Waals surface area contributed by atoms with E-state index in [1.807, 2.05) is 30.6 Å². The number of nitrogens with zero attached hydrogens (tertiary/aromatic N) is 2. The third-order valence-corrected chi connectivity index (χ3v) is 4.84. The predicted octanol–water partition coefficient (Wildman–Crippen LogP) is 2.44. The minimum absolute atomic E-state index is 0.111. The van der Waals surface area contributed by atoms with Gasteiger partial charge in [-0.25, -0.2) is 4.98 Å². The zero-order chi connectivity index (χ0) is 15.0. The second-order valence-corrected chi connectivity index (χ2v) is 6.50. The number of anilines is 2. The molecule has 0 spiro atoms. The lowest BCUT2D eigenvalue weighted by molar-refractivity contribution is 0.0957. The number of nitrogen functional groups attached to an aromatic ring is 1. The fraction of sp³-hybridized carbons (Fsp3) is 0.692. The molecule has 0 aliphatic rings. The molecule has 20 heavy (non-hydrogen) atoms. The zero-order valence-corrected chi connectivity index (χ0v) is 14.1. The second-order valence-electron chi connectivity index (χ2n) is 4.53. The van der Waals surface area contributed by atoms with Crippen LogP contribution in [0.1, 0.15) is 35.9 Å². The quantitative estimate of drug-likeness (QED) is 0.685. The molecule has 0 saturated heterocycles. The molecule has 0 aliphatic heterocycles. The Hall–Kier alpha value is -0.950. The summed E-state index contributed by atoms with van der Waals surface area (Å²) >= 11 is 3.20. The topological polar surface area (TPSA) is 71.2 Å². The van der Waals surface area contributed by atoms with Crippen LogP contribution in [0.5, 0.6) is 0 Å². The number of carbonyl (C=O) groups is 1. The highest BCUT2D eigenvalue weighted by Crippen LogP contribution is 2.27. The number of amides is 1. The van der Waals surface area contributed by atoms with Gasteiger partial charge >= 0.3 is 0 Å². The normalized spacial score (nSPS) is 10.6. The molecule has 3 N–H and O–H groups in total. The SMILES string of the molecule is CCN(C)c1nc(N)c(C(=O)NCCCCCSC)s1. The van der Waals surface area contributed by atoms with Gasteiger partial charge in [-0.3, -0.25) is 4.79 Å². The summed E-state index contributed by atoms with van der Waals surface area (Å²) < 4.78 is 0. The highest BCUT2D eigenvalue weighted by atomic mass is 32.2. The van der Waals surface area contributed by atoms with Crippen molar-refractivity contribution in [2.75, 3.05) is 42.8 Å². The first-order valence-corrected chi connectivity index (χ1v) is 9.05. The predicted molar refractivity (Wildman–Crippen MR) is 90.0 cm³/mol. The number of nitrogens with one attached hydrogen (secondary N) is 1. The van der Waals surface area contributed by atoms with Crippen molar-refractivity contribution in [3.05, 3.63) is 4.88 Å². The minimum Gasteiger partial charge on any atom is -0.382 e. The Morgan fingerprint density at radius 1 is 1.45 bits per heavy atom. The smallest absolute Gasteiger partial charge is 0.265 e. The van der Waals surface area contributed by atoms with E-state index in [-0.39, 0.29) is 5.91 Å². The number of carbonyl (C=O) groups excluding carboxylic acids is 1. The third kappa shape index (κ3) is 5.20. The van der Waals surface area contributed by atoms with Crippen LogP contribution in [0.2, 0.25) is 0 Å². The third-order valence-electron chi connectivity index (χ3n) is 2.96. The van der Waals surface area contributed by atoms with Gasteiger partial charge in [-0.1, -0.05) is 17.8 Å². The van der Waals surface area contributed by atoms with Crippen molar-refractivity contribution in [3.8, 4) is 0 Å². The Kier molecular flexibility index (Phi) is 7.76. The molecule has 0 aliphatic carbocycles. The van der Waals surface area contributed by atoms with E-state index in [2.05, 4.69) is 16.6 Å². The lowest BCUT2D eigenvalue weighted by Gasteiger charge is -2.10. The van der Waals surface area contributed by atoms with Crippen molar-refractivity contribution >= 4 is 40.0 Å². The van der Waals surface area contributed by atoms with Gasteiger partial charge in [0.15, 0.2) is 5.13 Å². The molecule has 0 unspecified atom stereocenters. The van der Waals surface area contributed by atoms with Crippen molar-refractivity contribution in [2.24, 2.45) is 0 Å². The summed E-state index contributed by atoms with van der Waals surface area (Å²) in [6.45, 7) is 3.57. The van der Waals surface area contributed by atoms with Crippen LogP contribution in [0.15, 0.2) is 0 Å². The van der Waals surface area contributed by atoms with Crippen LogP contribution in [0.25, 0.3) is 0 Å². The van der Waals surface area contributed by atoms with E-state index in [1.54, 1.807) is 0 Å². The average molecular weight is 316 g/mol. The van der Waals surface area contributed by atoms with Crippen molar-refractivity contribution in [2.45, 2.75) is 26.2 Å². The van der Waals surface area contributed by atoms with Crippen LogP contribution >= 0.6 is 23.1 Å². The fourth-order valence-electron chi connectivity index (χ4n) is 1.61. The summed E-state index contributed by atoms with van der Waals surface area (Å²) in [7, 11) is 1.94. The average Bonchev–Trinajstić information content (AvgIpc) is 2.83. The molecule has 7 heteroatoms. The van der Waals surface area contributed by atoms with Gasteiger partial charge in [-0.15, -0.1) is 0 Å². The number of hydrogen-bond donors (Lipinski definition) is 2. The number of nitrogens with two attached hydrogens (primary N) is 1. The van der Waals surface area contributed by atoms with Gasteiger partial charge in [-0.05, 0) is 31.8 Å². The van der Waals surface area contributed by atoms with E-state index in [1.165, 1.54) is 23.5 Å². The number of unbranched alkanes of at least 4 members (excludes halogenated alkanes) is 2. The van der Waals surface area contributed by atoms with E-state index < -0.39 is 0 Å². The van der Waals surface area contributed by atoms with E-state index in [9.17, 15) is 4.79 Å². The molecule has 1 aromatic heterocycles. The molecular weight excluding hydrogens is 292 g/mol. The number of thiazole rings is 1. The second kappa shape index (κ2) is 9.07. The lowest BCUT2D eigenvalue weighted by Crippen LogP contribution is -2.24. The van der Waals surface area contributed by atoms with Gasteiger partial charge in [-0.2, -0.15) is 11.8 Å². The van der Waals surface area contributed by atoms with Gasteiger partial charge in [0.05, 0.1) is 0 Å².